The van der Waals surface area contributed by atoms with Crippen molar-refractivity contribution in [2.45, 2.75) is 32.3 Å². The molecule has 2 rings (SSSR count). The van der Waals surface area contributed by atoms with Gasteiger partial charge in [0.25, 0.3) is 0 Å². The largest absolute Gasteiger partial charge is 0.384 e. The average molecular weight is 354 g/mol. The van der Waals surface area contributed by atoms with Crippen LogP contribution < -0.4 is 0 Å². The third kappa shape index (κ3) is 3.85. The first-order valence-corrected chi connectivity index (χ1v) is 8.00. The minimum absolute atomic E-state index is 0.612. The summed E-state index contributed by atoms with van der Waals surface area (Å²) in [7, 11) is 0. The molecule has 0 aliphatic heterocycles. The molecule has 0 spiro atoms. The Morgan fingerprint density at radius 3 is 2.35 bits per heavy atom. The van der Waals surface area contributed by atoms with Gasteiger partial charge in [-0.2, -0.15) is 0 Å². The maximum atomic E-state index is 10.4. The lowest BCUT2D eigenvalue weighted by Gasteiger charge is -2.13. The van der Waals surface area contributed by atoms with Gasteiger partial charge in [-0.1, -0.05) is 55.3 Å². The topological polar surface area (TPSA) is 20.2 Å². The van der Waals surface area contributed by atoms with Gasteiger partial charge in [-0.05, 0) is 57.6 Å². The predicted molar refractivity (Wildman–Crippen MR) is 88.3 cm³/mol. The summed E-state index contributed by atoms with van der Waals surface area (Å²) >= 11 is 9.42. The molecule has 1 atom stereocenters. The van der Waals surface area contributed by atoms with Gasteiger partial charge < -0.3 is 5.11 Å². The van der Waals surface area contributed by atoms with Crippen molar-refractivity contribution in [1.82, 2.24) is 0 Å². The molecule has 3 heteroatoms. The third-order valence-corrected chi connectivity index (χ3v) is 4.61. The number of aryl methyl sites for hydroxylation is 1. The first-order chi connectivity index (χ1) is 9.61. The van der Waals surface area contributed by atoms with E-state index in [-0.39, 0.29) is 0 Å². The Morgan fingerprint density at radius 1 is 1.10 bits per heavy atom. The number of aliphatic hydroxyl groups excluding tert-OH is 1. The van der Waals surface area contributed by atoms with Gasteiger partial charge >= 0.3 is 0 Å². The molecular weight excluding hydrogens is 336 g/mol. The van der Waals surface area contributed by atoms with E-state index >= 15 is 0 Å². The summed E-state index contributed by atoms with van der Waals surface area (Å²) < 4.78 is 0.838. The number of halogens is 2. The maximum absolute atomic E-state index is 10.4. The molecule has 0 saturated heterocycles. The number of benzene rings is 2. The Morgan fingerprint density at radius 2 is 1.75 bits per heavy atom. The fourth-order valence-corrected chi connectivity index (χ4v) is 2.56. The molecule has 0 amide bonds. The molecule has 2 aromatic carbocycles. The van der Waals surface area contributed by atoms with Crippen LogP contribution in [0.5, 0.6) is 0 Å². The lowest BCUT2D eigenvalue weighted by molar-refractivity contribution is 0.220. The van der Waals surface area contributed by atoms with Gasteiger partial charge in [0.2, 0.25) is 0 Å². The summed E-state index contributed by atoms with van der Waals surface area (Å²) in [4.78, 5) is 0. The van der Waals surface area contributed by atoms with Crippen LogP contribution in [0.2, 0.25) is 5.02 Å². The van der Waals surface area contributed by atoms with E-state index in [0.29, 0.717) is 5.02 Å². The second-order valence-corrected chi connectivity index (χ2v) is 6.18. The van der Waals surface area contributed by atoms with Crippen molar-refractivity contribution in [2.75, 3.05) is 0 Å². The molecule has 20 heavy (non-hydrogen) atoms. The Bertz CT molecular complexity index is 566. The molecule has 0 aliphatic carbocycles. The van der Waals surface area contributed by atoms with Gasteiger partial charge in [0.05, 0.1) is 5.02 Å². The maximum Gasteiger partial charge on any atom is 0.104 e. The van der Waals surface area contributed by atoms with E-state index in [9.17, 15) is 5.11 Å². The van der Waals surface area contributed by atoms with E-state index in [2.05, 4.69) is 35.0 Å². The number of aliphatic hydroxyl groups is 1. The van der Waals surface area contributed by atoms with Gasteiger partial charge in [0, 0.05) is 4.47 Å². The lowest BCUT2D eigenvalue weighted by Crippen LogP contribution is -2.00. The van der Waals surface area contributed by atoms with Crippen LogP contribution in [0.4, 0.5) is 0 Å². The number of hydrogen-bond donors (Lipinski definition) is 1. The Hall–Kier alpha value is -0.830. The molecule has 1 nitrogen and oxygen atoms in total. The second-order valence-electron chi connectivity index (χ2n) is 4.92. The highest BCUT2D eigenvalue weighted by atomic mass is 79.9. The van der Waals surface area contributed by atoms with Crippen molar-refractivity contribution < 1.29 is 5.11 Å². The Balaban J connectivity index is 2.15. The van der Waals surface area contributed by atoms with Crippen molar-refractivity contribution in [1.29, 1.82) is 0 Å². The molecule has 2 aromatic rings. The zero-order valence-corrected chi connectivity index (χ0v) is 13.8. The van der Waals surface area contributed by atoms with Gasteiger partial charge in [-0.3, -0.25) is 0 Å². The lowest BCUT2D eigenvalue weighted by atomic mass is 9.99. The fourth-order valence-electron chi connectivity index (χ4n) is 2.12. The molecular formula is C17H18BrClO. The van der Waals surface area contributed by atoms with E-state index < -0.39 is 6.10 Å². The van der Waals surface area contributed by atoms with Gasteiger partial charge in [-0.25, -0.2) is 0 Å². The highest BCUT2D eigenvalue weighted by Gasteiger charge is 2.11. The summed E-state index contributed by atoms with van der Waals surface area (Å²) in [6.45, 7) is 2.19. The van der Waals surface area contributed by atoms with Gasteiger partial charge in [-0.15, -0.1) is 0 Å². The monoisotopic (exact) mass is 352 g/mol. The van der Waals surface area contributed by atoms with E-state index in [1.54, 1.807) is 6.07 Å². The minimum atomic E-state index is -0.638. The molecule has 0 bridgehead atoms. The molecule has 0 fully saturated rings. The van der Waals surface area contributed by atoms with E-state index in [1.165, 1.54) is 18.4 Å². The molecule has 1 unspecified atom stereocenters. The van der Waals surface area contributed by atoms with Crippen LogP contribution in [0, 0.1) is 0 Å². The standard InChI is InChI=1S/C17H18BrClO/c1-2-3-4-12-5-7-13(8-6-12)17(20)14-9-10-15(18)16(19)11-14/h5-11,17,20H,2-4H2,1H3. The highest BCUT2D eigenvalue weighted by molar-refractivity contribution is 9.10. The van der Waals surface area contributed by atoms with Crippen LogP contribution >= 0.6 is 27.5 Å². The summed E-state index contributed by atoms with van der Waals surface area (Å²) in [6.07, 6.45) is 2.85. The summed E-state index contributed by atoms with van der Waals surface area (Å²) in [5.74, 6) is 0. The molecule has 106 valence electrons. The van der Waals surface area contributed by atoms with Gasteiger partial charge in [0.1, 0.15) is 6.10 Å². The molecule has 1 N–H and O–H groups in total. The van der Waals surface area contributed by atoms with Gasteiger partial charge in [0.15, 0.2) is 0 Å². The average Bonchev–Trinajstić information content (AvgIpc) is 2.48. The molecule has 0 aliphatic rings. The molecule has 0 aromatic heterocycles. The fraction of sp³-hybridized carbons (Fsp3) is 0.294. The summed E-state index contributed by atoms with van der Waals surface area (Å²) in [5.41, 5.74) is 3.01. The molecule has 0 radical (unpaired) electrons. The molecule has 0 heterocycles. The van der Waals surface area contributed by atoms with E-state index in [0.717, 1.165) is 22.0 Å². The first kappa shape index (κ1) is 15.6. The van der Waals surface area contributed by atoms with Crippen LogP contribution in [-0.2, 0) is 6.42 Å². The van der Waals surface area contributed by atoms with Crippen molar-refractivity contribution >= 4 is 27.5 Å². The van der Waals surface area contributed by atoms with Crippen molar-refractivity contribution in [3.8, 4) is 0 Å². The number of hydrogen-bond acceptors (Lipinski definition) is 1. The number of unbranched alkanes of at least 4 members (excludes halogenated alkanes) is 1. The van der Waals surface area contributed by atoms with Crippen molar-refractivity contribution in [3.05, 3.63) is 68.7 Å². The van der Waals surface area contributed by atoms with Crippen molar-refractivity contribution in [2.24, 2.45) is 0 Å². The van der Waals surface area contributed by atoms with Crippen LogP contribution in [0.1, 0.15) is 42.6 Å². The van der Waals surface area contributed by atoms with Crippen LogP contribution in [0.3, 0.4) is 0 Å². The second kappa shape index (κ2) is 7.26. The third-order valence-electron chi connectivity index (χ3n) is 3.37. The SMILES string of the molecule is CCCCc1ccc(C(O)c2ccc(Br)c(Cl)c2)cc1. The van der Waals surface area contributed by atoms with Crippen molar-refractivity contribution in [3.63, 3.8) is 0 Å². The van der Waals surface area contributed by atoms with Crippen LogP contribution in [-0.4, -0.2) is 5.11 Å². The van der Waals surface area contributed by atoms with E-state index in [1.807, 2.05) is 24.3 Å². The summed E-state index contributed by atoms with van der Waals surface area (Å²) in [5, 5.41) is 11.0. The Labute approximate surface area is 133 Å². The number of rotatable bonds is 5. The van der Waals surface area contributed by atoms with Crippen LogP contribution in [0.25, 0.3) is 0 Å². The normalized spacial score (nSPS) is 12.4. The molecule has 0 saturated carbocycles. The first-order valence-electron chi connectivity index (χ1n) is 6.83. The highest BCUT2D eigenvalue weighted by Crippen LogP contribution is 2.29. The summed E-state index contributed by atoms with van der Waals surface area (Å²) in [6, 6.07) is 13.7. The zero-order chi connectivity index (χ0) is 14.5. The van der Waals surface area contributed by atoms with Crippen LogP contribution in [0.15, 0.2) is 46.9 Å². The Kier molecular flexibility index (Phi) is 5.64. The smallest absolute Gasteiger partial charge is 0.104 e. The zero-order valence-electron chi connectivity index (χ0n) is 11.4. The van der Waals surface area contributed by atoms with E-state index in [4.69, 9.17) is 11.6 Å². The minimum Gasteiger partial charge on any atom is -0.384 e. The quantitative estimate of drug-likeness (QED) is 0.749. The predicted octanol–water partition coefficient (Wildman–Crippen LogP) is 5.53.